The molecule has 0 aliphatic heterocycles. The van der Waals surface area contributed by atoms with Crippen molar-refractivity contribution in [2.45, 2.75) is 6.54 Å². The number of carbonyl (C=O) groups excluding carboxylic acids is 1. The van der Waals surface area contributed by atoms with Gasteiger partial charge in [0.1, 0.15) is 10.7 Å². The molecule has 0 fully saturated rings. The molecule has 0 saturated carbocycles. The van der Waals surface area contributed by atoms with Gasteiger partial charge in [0.15, 0.2) is 5.82 Å². The van der Waals surface area contributed by atoms with Crippen molar-refractivity contribution in [3.8, 4) is 0 Å². The summed E-state index contributed by atoms with van der Waals surface area (Å²) in [6.07, 6.45) is 3.25. The van der Waals surface area contributed by atoms with Gasteiger partial charge >= 0.3 is 0 Å². The Kier molecular flexibility index (Phi) is 3.93. The van der Waals surface area contributed by atoms with Crippen molar-refractivity contribution in [2.24, 2.45) is 7.05 Å². The van der Waals surface area contributed by atoms with E-state index in [1.165, 1.54) is 4.68 Å². The molecule has 1 amide bonds. The molecule has 0 aliphatic rings. The normalized spacial score (nSPS) is 10.6. The van der Waals surface area contributed by atoms with E-state index in [1.54, 1.807) is 30.2 Å². The molecule has 7 heteroatoms. The predicted octanol–water partition coefficient (Wildman–Crippen LogP) is 2.57. The molecule has 0 bridgehead atoms. The second kappa shape index (κ2) is 6.03. The molecular formula is C15H14ClN5O. The molecule has 112 valence electrons. The zero-order valence-corrected chi connectivity index (χ0v) is 12.7. The first kappa shape index (κ1) is 14.3. The lowest BCUT2D eigenvalue weighted by Crippen LogP contribution is -2.16. The number of carbonyl (C=O) groups is 1. The second-order valence-electron chi connectivity index (χ2n) is 4.80. The van der Waals surface area contributed by atoms with Gasteiger partial charge in [0.2, 0.25) is 0 Å². The zero-order chi connectivity index (χ0) is 15.5. The number of aromatic nitrogens is 4. The smallest absolute Gasteiger partial charge is 0.275 e. The Labute approximate surface area is 132 Å². The minimum absolute atomic E-state index is 0.299. The first-order valence-corrected chi connectivity index (χ1v) is 7.07. The number of hydrogen-bond acceptors (Lipinski definition) is 3. The fourth-order valence-electron chi connectivity index (χ4n) is 2.10. The van der Waals surface area contributed by atoms with Crippen LogP contribution >= 0.6 is 11.6 Å². The average molecular weight is 316 g/mol. The summed E-state index contributed by atoms with van der Waals surface area (Å²) in [5.74, 6) is 0.0376. The lowest BCUT2D eigenvalue weighted by Gasteiger charge is -2.03. The number of anilines is 1. The highest BCUT2D eigenvalue weighted by Crippen LogP contribution is 2.20. The van der Waals surface area contributed by atoms with Crippen LogP contribution in [0.2, 0.25) is 5.02 Å². The Morgan fingerprint density at radius 1 is 1.27 bits per heavy atom. The summed E-state index contributed by atoms with van der Waals surface area (Å²) >= 11 is 6.14. The van der Waals surface area contributed by atoms with E-state index in [0.717, 1.165) is 5.56 Å². The molecule has 0 spiro atoms. The van der Waals surface area contributed by atoms with Gasteiger partial charge in [-0.25, -0.2) is 0 Å². The van der Waals surface area contributed by atoms with Crippen LogP contribution in [0.3, 0.4) is 0 Å². The van der Waals surface area contributed by atoms with E-state index in [2.05, 4.69) is 15.5 Å². The number of nitrogens with zero attached hydrogens (tertiary/aromatic N) is 4. The van der Waals surface area contributed by atoms with E-state index in [4.69, 9.17) is 11.6 Å². The fraction of sp³-hybridized carbons (Fsp3) is 0.133. The Hall–Kier alpha value is -2.60. The lowest BCUT2D eigenvalue weighted by atomic mass is 10.2. The van der Waals surface area contributed by atoms with Gasteiger partial charge in [0, 0.05) is 19.4 Å². The molecule has 6 nitrogen and oxygen atoms in total. The van der Waals surface area contributed by atoms with Crippen molar-refractivity contribution in [1.82, 2.24) is 19.6 Å². The van der Waals surface area contributed by atoms with Crippen LogP contribution in [0, 0.1) is 0 Å². The highest BCUT2D eigenvalue weighted by atomic mass is 35.5. The maximum absolute atomic E-state index is 12.1. The lowest BCUT2D eigenvalue weighted by molar-refractivity contribution is 0.101. The highest BCUT2D eigenvalue weighted by molar-refractivity contribution is 6.33. The van der Waals surface area contributed by atoms with Crippen LogP contribution in [0.1, 0.15) is 16.1 Å². The van der Waals surface area contributed by atoms with Crippen LogP contribution in [0.25, 0.3) is 0 Å². The van der Waals surface area contributed by atoms with Crippen LogP contribution in [0.15, 0.2) is 48.8 Å². The molecule has 0 unspecified atom stereocenters. The second-order valence-corrected chi connectivity index (χ2v) is 5.21. The minimum atomic E-state index is -0.299. The van der Waals surface area contributed by atoms with Gasteiger partial charge in [-0.15, -0.1) is 0 Å². The summed E-state index contributed by atoms with van der Waals surface area (Å²) in [5.41, 5.74) is 1.54. The summed E-state index contributed by atoms with van der Waals surface area (Å²) in [5, 5.41) is 11.4. The van der Waals surface area contributed by atoms with Gasteiger partial charge in [-0.3, -0.25) is 14.2 Å². The number of hydrogen-bond donors (Lipinski definition) is 1. The largest absolute Gasteiger partial charge is 0.302 e. The van der Waals surface area contributed by atoms with Gasteiger partial charge in [-0.05, 0) is 11.6 Å². The van der Waals surface area contributed by atoms with E-state index >= 15 is 0 Å². The van der Waals surface area contributed by atoms with Crippen LogP contribution < -0.4 is 5.32 Å². The van der Waals surface area contributed by atoms with Gasteiger partial charge in [-0.2, -0.15) is 10.2 Å². The first-order valence-electron chi connectivity index (χ1n) is 6.70. The topological polar surface area (TPSA) is 64.7 Å². The molecule has 0 radical (unpaired) electrons. The summed E-state index contributed by atoms with van der Waals surface area (Å²) in [7, 11) is 1.70. The summed E-state index contributed by atoms with van der Waals surface area (Å²) < 4.78 is 3.18. The quantitative estimate of drug-likeness (QED) is 0.804. The number of nitrogens with one attached hydrogen (secondary N) is 1. The van der Waals surface area contributed by atoms with E-state index in [1.807, 2.05) is 30.3 Å². The van der Waals surface area contributed by atoms with Crippen LogP contribution in [0.5, 0.6) is 0 Å². The maximum Gasteiger partial charge on any atom is 0.275 e. The van der Waals surface area contributed by atoms with Gasteiger partial charge < -0.3 is 5.32 Å². The van der Waals surface area contributed by atoms with Crippen LogP contribution in [0.4, 0.5) is 5.82 Å². The third-order valence-corrected chi connectivity index (χ3v) is 3.47. The zero-order valence-electron chi connectivity index (χ0n) is 11.9. The highest BCUT2D eigenvalue weighted by Gasteiger charge is 2.14. The molecule has 0 atom stereocenters. The third-order valence-electron chi connectivity index (χ3n) is 3.19. The first-order chi connectivity index (χ1) is 10.6. The molecule has 0 saturated heterocycles. The molecule has 2 heterocycles. The van der Waals surface area contributed by atoms with E-state index in [-0.39, 0.29) is 5.91 Å². The summed E-state index contributed by atoms with van der Waals surface area (Å²) in [6, 6.07) is 11.5. The molecule has 1 N–H and O–H groups in total. The van der Waals surface area contributed by atoms with E-state index < -0.39 is 0 Å². The number of halogens is 1. The van der Waals surface area contributed by atoms with Crippen molar-refractivity contribution in [1.29, 1.82) is 0 Å². The molecular weight excluding hydrogens is 302 g/mol. The van der Waals surface area contributed by atoms with Gasteiger partial charge in [-0.1, -0.05) is 41.9 Å². The van der Waals surface area contributed by atoms with E-state index in [9.17, 15) is 4.79 Å². The van der Waals surface area contributed by atoms with Gasteiger partial charge in [0.05, 0.1) is 6.54 Å². The number of rotatable bonds is 4. The van der Waals surface area contributed by atoms with Crippen LogP contribution in [-0.2, 0) is 13.6 Å². The van der Waals surface area contributed by atoms with Crippen LogP contribution in [-0.4, -0.2) is 25.5 Å². The molecule has 2 aromatic heterocycles. The molecule has 1 aromatic carbocycles. The summed E-state index contributed by atoms with van der Waals surface area (Å²) in [6.45, 7) is 0.585. The van der Waals surface area contributed by atoms with Gasteiger partial charge in [0.25, 0.3) is 5.91 Å². The summed E-state index contributed by atoms with van der Waals surface area (Å²) in [4.78, 5) is 12.1. The van der Waals surface area contributed by atoms with Crippen molar-refractivity contribution in [2.75, 3.05) is 5.32 Å². The van der Waals surface area contributed by atoms with E-state index in [0.29, 0.717) is 23.1 Å². The predicted molar refractivity (Wildman–Crippen MR) is 83.9 cm³/mol. The Bertz CT molecular complexity index is 793. The molecule has 3 rings (SSSR count). The molecule has 3 aromatic rings. The Morgan fingerprint density at radius 2 is 2.05 bits per heavy atom. The molecule has 22 heavy (non-hydrogen) atoms. The average Bonchev–Trinajstić information content (AvgIpc) is 3.06. The fourth-order valence-corrected chi connectivity index (χ4v) is 2.30. The number of aryl methyl sites for hydroxylation is 1. The van der Waals surface area contributed by atoms with Crippen molar-refractivity contribution in [3.63, 3.8) is 0 Å². The monoisotopic (exact) mass is 315 g/mol. The van der Waals surface area contributed by atoms with Crippen molar-refractivity contribution >= 4 is 23.3 Å². The Morgan fingerprint density at radius 3 is 2.73 bits per heavy atom. The maximum atomic E-state index is 12.1. The number of amides is 1. The van der Waals surface area contributed by atoms with Crippen molar-refractivity contribution < 1.29 is 4.79 Å². The number of benzene rings is 1. The van der Waals surface area contributed by atoms with Crippen molar-refractivity contribution in [3.05, 3.63) is 65.1 Å². The minimum Gasteiger partial charge on any atom is -0.302 e. The standard InChI is InChI=1S/C15H14ClN5O/c1-20-13(7-8-17-20)15(22)18-14-12(16)10-21(19-14)9-11-5-3-2-4-6-11/h2-8,10H,9H2,1H3,(H,18,19,22). The SMILES string of the molecule is Cn1nccc1C(=O)Nc1nn(Cc2ccccc2)cc1Cl. The Balaban J connectivity index is 1.75. The third kappa shape index (κ3) is 3.01. The molecule has 0 aliphatic carbocycles.